The fraction of sp³-hybridized carbons (Fsp3) is 0.450. The van der Waals surface area contributed by atoms with Crippen molar-refractivity contribution in [3.8, 4) is 6.01 Å². The zero-order valence-electron chi connectivity index (χ0n) is 17.5. The number of hydrogen-bond donors (Lipinski definition) is 2. The molecule has 0 atom stereocenters. The first kappa shape index (κ1) is 20.5. The van der Waals surface area contributed by atoms with Crippen molar-refractivity contribution < 1.29 is 9.53 Å². The summed E-state index contributed by atoms with van der Waals surface area (Å²) in [7, 11) is 5.16. The molecule has 9 heteroatoms. The molecule has 1 aromatic rings. The Labute approximate surface area is 170 Å². The van der Waals surface area contributed by atoms with Gasteiger partial charge in [0.05, 0.1) is 30.5 Å². The average Bonchev–Trinajstić information content (AvgIpc) is 3.40. The van der Waals surface area contributed by atoms with Crippen LogP contribution in [-0.4, -0.2) is 60.1 Å². The van der Waals surface area contributed by atoms with Gasteiger partial charge in [-0.25, -0.2) is 9.98 Å². The minimum absolute atomic E-state index is 0.0258. The summed E-state index contributed by atoms with van der Waals surface area (Å²) in [5.41, 5.74) is 2.55. The highest BCUT2D eigenvalue weighted by Gasteiger charge is 2.44. The van der Waals surface area contributed by atoms with Crippen LogP contribution in [0, 0.1) is 0 Å². The number of amidine groups is 1. The van der Waals surface area contributed by atoms with E-state index in [0.717, 1.165) is 12.8 Å². The van der Waals surface area contributed by atoms with Crippen molar-refractivity contribution in [3.05, 3.63) is 40.6 Å². The van der Waals surface area contributed by atoms with Crippen molar-refractivity contribution in [2.45, 2.75) is 38.8 Å². The van der Waals surface area contributed by atoms with E-state index in [2.05, 4.69) is 49.1 Å². The smallest absolute Gasteiger partial charge is 0.316 e. The van der Waals surface area contributed by atoms with E-state index in [4.69, 9.17) is 4.74 Å². The molecule has 2 heterocycles. The van der Waals surface area contributed by atoms with Crippen LogP contribution in [0.2, 0.25) is 0 Å². The Bertz CT molecular complexity index is 929. The Kier molecular flexibility index (Phi) is 5.67. The number of carbonyl (C=O) groups is 1. The van der Waals surface area contributed by atoms with Gasteiger partial charge in [-0.1, -0.05) is 0 Å². The highest BCUT2D eigenvalue weighted by molar-refractivity contribution is 6.17. The number of methoxy groups -OCH3 is 1. The van der Waals surface area contributed by atoms with Crippen molar-refractivity contribution in [2.75, 3.05) is 21.2 Å². The summed E-state index contributed by atoms with van der Waals surface area (Å²) in [4.78, 5) is 32.0. The molecule has 2 N–H and O–H groups in total. The van der Waals surface area contributed by atoms with Gasteiger partial charge in [0.25, 0.3) is 5.91 Å². The fourth-order valence-corrected chi connectivity index (χ4v) is 3.23. The van der Waals surface area contributed by atoms with Gasteiger partial charge >= 0.3 is 6.01 Å². The van der Waals surface area contributed by atoms with Crippen molar-refractivity contribution >= 4 is 18.5 Å². The number of rotatable bonds is 7. The summed E-state index contributed by atoms with van der Waals surface area (Å²) < 4.78 is 5.03. The first-order valence-corrected chi connectivity index (χ1v) is 9.39. The van der Waals surface area contributed by atoms with Crippen LogP contribution in [0.25, 0.3) is 0 Å². The minimum atomic E-state index is -0.239. The van der Waals surface area contributed by atoms with Gasteiger partial charge in [0.15, 0.2) is 0 Å². The highest BCUT2D eigenvalue weighted by Crippen LogP contribution is 2.43. The number of amides is 1. The molecule has 0 radical (unpaired) electrons. The summed E-state index contributed by atoms with van der Waals surface area (Å²) >= 11 is 0. The molecule has 0 bridgehead atoms. The molecular weight excluding hydrogens is 370 g/mol. The topological polar surface area (TPSA) is 104 Å². The van der Waals surface area contributed by atoms with E-state index in [1.54, 1.807) is 19.3 Å². The molecule has 1 saturated carbocycles. The number of carbonyl (C=O) groups excluding carboxylic acids is 1. The van der Waals surface area contributed by atoms with E-state index in [1.807, 2.05) is 14.0 Å². The minimum Gasteiger partial charge on any atom is -0.467 e. The summed E-state index contributed by atoms with van der Waals surface area (Å²) in [5.74, 6) is 1.01. The Morgan fingerprint density at radius 1 is 1.48 bits per heavy atom. The third-order valence-electron chi connectivity index (χ3n) is 5.40. The standard InChI is InChI=1S/C20H27N7O2/c1-12-14(18(28)24-11-13-7-10-23-19(26-13)29-6)15(16(21-3)25-12)17(22-4)27(5)20(2)8-9-20/h7,10H,4,8-9,11H2,1-3,5-6H3,(H,21,25)(H,24,28)/b17-15+. The third-order valence-corrected chi connectivity index (χ3v) is 5.40. The second-order valence-corrected chi connectivity index (χ2v) is 7.33. The summed E-state index contributed by atoms with van der Waals surface area (Å²) in [6.07, 6.45) is 3.73. The number of allylic oxidation sites excluding steroid dienone is 1. The van der Waals surface area contributed by atoms with Gasteiger partial charge in [0.2, 0.25) is 0 Å². The molecular formula is C20H27N7O2. The number of aromatic nitrogens is 2. The quantitative estimate of drug-likeness (QED) is 0.674. The van der Waals surface area contributed by atoms with Crippen molar-refractivity contribution in [3.63, 3.8) is 0 Å². The Morgan fingerprint density at radius 2 is 2.21 bits per heavy atom. The zero-order chi connectivity index (χ0) is 21.2. The second kappa shape index (κ2) is 8.02. The molecule has 3 rings (SSSR count). The van der Waals surface area contributed by atoms with Gasteiger partial charge in [-0.3, -0.25) is 9.79 Å². The molecule has 0 spiro atoms. The zero-order valence-corrected chi connectivity index (χ0v) is 17.5. The predicted octanol–water partition coefficient (Wildman–Crippen LogP) is 1.40. The number of hydrogen-bond acceptors (Lipinski definition) is 7. The lowest BCUT2D eigenvalue weighted by atomic mass is 10.0. The first-order chi connectivity index (χ1) is 13.8. The molecule has 1 fully saturated rings. The Balaban J connectivity index is 1.90. The fourth-order valence-electron chi connectivity index (χ4n) is 3.23. The average molecular weight is 397 g/mol. The lowest BCUT2D eigenvalue weighted by molar-refractivity contribution is -0.117. The van der Waals surface area contributed by atoms with E-state index < -0.39 is 0 Å². The van der Waals surface area contributed by atoms with E-state index in [1.165, 1.54) is 7.11 Å². The lowest BCUT2D eigenvalue weighted by Crippen LogP contribution is -2.33. The number of aliphatic imine (C=N–C) groups is 2. The molecule has 154 valence electrons. The van der Waals surface area contributed by atoms with Gasteiger partial charge in [0.1, 0.15) is 11.7 Å². The van der Waals surface area contributed by atoms with Gasteiger partial charge < -0.3 is 20.3 Å². The maximum atomic E-state index is 13.1. The molecule has 1 amide bonds. The second-order valence-electron chi connectivity index (χ2n) is 7.33. The molecule has 0 saturated heterocycles. The largest absolute Gasteiger partial charge is 0.467 e. The van der Waals surface area contributed by atoms with Crippen LogP contribution in [0.1, 0.15) is 32.4 Å². The maximum Gasteiger partial charge on any atom is 0.316 e. The number of ether oxygens (including phenoxy) is 1. The summed E-state index contributed by atoms with van der Waals surface area (Å²) in [6, 6.07) is 1.98. The molecule has 0 unspecified atom stereocenters. The van der Waals surface area contributed by atoms with E-state index in [0.29, 0.717) is 34.2 Å². The van der Waals surface area contributed by atoms with E-state index >= 15 is 0 Å². The SMILES string of the molecule is C=N/C(=C1/C(C(=O)NCc2ccnc(OC)n2)=C(C)N/C1=N/C)N(C)C1(C)CC1. The third kappa shape index (κ3) is 3.98. The normalized spacial score (nSPS) is 20.2. The number of nitrogens with zero attached hydrogens (tertiary/aromatic N) is 5. The van der Waals surface area contributed by atoms with Crippen molar-refractivity contribution in [1.82, 2.24) is 25.5 Å². The first-order valence-electron chi connectivity index (χ1n) is 9.39. The van der Waals surface area contributed by atoms with Gasteiger partial charge in [-0.15, -0.1) is 0 Å². The predicted molar refractivity (Wildman–Crippen MR) is 112 cm³/mol. The van der Waals surface area contributed by atoms with Crippen LogP contribution in [0.4, 0.5) is 0 Å². The lowest BCUT2D eigenvalue weighted by Gasteiger charge is -2.28. The van der Waals surface area contributed by atoms with Crippen LogP contribution in [0.3, 0.4) is 0 Å². The highest BCUT2D eigenvalue weighted by atomic mass is 16.5. The van der Waals surface area contributed by atoms with Crippen molar-refractivity contribution in [2.24, 2.45) is 9.98 Å². The molecule has 1 aliphatic carbocycles. The van der Waals surface area contributed by atoms with Gasteiger partial charge in [-0.05, 0) is 39.5 Å². The van der Waals surface area contributed by atoms with Crippen LogP contribution >= 0.6 is 0 Å². The molecule has 9 nitrogen and oxygen atoms in total. The molecule has 0 aromatic carbocycles. The summed E-state index contributed by atoms with van der Waals surface area (Å²) in [5, 5.41) is 6.11. The Morgan fingerprint density at radius 3 is 2.79 bits per heavy atom. The molecule has 1 aliphatic heterocycles. The number of nitrogens with one attached hydrogen (secondary N) is 2. The molecule has 29 heavy (non-hydrogen) atoms. The van der Waals surface area contributed by atoms with Gasteiger partial charge in [0, 0.05) is 31.5 Å². The Hall–Kier alpha value is -3.23. The van der Waals surface area contributed by atoms with Gasteiger partial charge in [-0.2, -0.15) is 4.98 Å². The maximum absolute atomic E-state index is 13.1. The van der Waals surface area contributed by atoms with Crippen LogP contribution < -0.4 is 15.4 Å². The van der Waals surface area contributed by atoms with Crippen molar-refractivity contribution in [1.29, 1.82) is 0 Å². The molecule has 2 aliphatic rings. The van der Waals surface area contributed by atoms with Crippen LogP contribution in [0.15, 0.2) is 44.9 Å². The monoisotopic (exact) mass is 397 g/mol. The van der Waals surface area contributed by atoms with E-state index in [-0.39, 0.29) is 24.0 Å². The van der Waals surface area contributed by atoms with Crippen LogP contribution in [0.5, 0.6) is 6.01 Å². The van der Waals surface area contributed by atoms with E-state index in [9.17, 15) is 4.79 Å². The van der Waals surface area contributed by atoms with Crippen LogP contribution in [-0.2, 0) is 11.3 Å². The summed E-state index contributed by atoms with van der Waals surface area (Å²) in [6.45, 7) is 8.01. The molecule has 1 aromatic heterocycles.